The summed E-state index contributed by atoms with van der Waals surface area (Å²) in [5, 5.41) is 0. The van der Waals surface area contributed by atoms with Gasteiger partial charge in [0.15, 0.2) is 0 Å². The normalized spacial score (nSPS) is 21.4. The van der Waals surface area contributed by atoms with Crippen LogP contribution in [0.15, 0.2) is 36.4 Å². The Balaban J connectivity index is 2.24. The fourth-order valence-corrected chi connectivity index (χ4v) is 1.90. The van der Waals surface area contributed by atoms with Crippen molar-refractivity contribution in [2.24, 2.45) is 0 Å². The summed E-state index contributed by atoms with van der Waals surface area (Å²) in [4.78, 5) is 0. The topological polar surface area (TPSA) is 18.5 Å². The first-order valence-electron chi connectivity index (χ1n) is 5.22. The number of benzene rings is 1. The minimum Gasteiger partial charge on any atom is -0.496 e. The molecule has 1 aromatic rings. The molecule has 15 heavy (non-hydrogen) atoms. The second kappa shape index (κ2) is 4.49. The van der Waals surface area contributed by atoms with E-state index in [1.165, 1.54) is 5.57 Å². The second-order valence-corrected chi connectivity index (χ2v) is 3.81. The SMILES string of the molecule is C=C1CCO[C@@H](c2ccccc2OC)C1. The maximum absolute atomic E-state index is 5.74. The first-order valence-corrected chi connectivity index (χ1v) is 5.22. The Bertz CT molecular complexity index is 357. The molecule has 0 aliphatic carbocycles. The van der Waals surface area contributed by atoms with Gasteiger partial charge < -0.3 is 9.47 Å². The molecule has 0 unspecified atom stereocenters. The zero-order valence-corrected chi connectivity index (χ0v) is 9.03. The van der Waals surface area contributed by atoms with E-state index < -0.39 is 0 Å². The van der Waals surface area contributed by atoms with Crippen molar-refractivity contribution in [2.45, 2.75) is 18.9 Å². The van der Waals surface area contributed by atoms with Crippen molar-refractivity contribution in [1.29, 1.82) is 0 Å². The van der Waals surface area contributed by atoms with E-state index in [4.69, 9.17) is 9.47 Å². The molecule has 2 heteroatoms. The van der Waals surface area contributed by atoms with Crippen molar-refractivity contribution in [2.75, 3.05) is 13.7 Å². The summed E-state index contributed by atoms with van der Waals surface area (Å²) in [6, 6.07) is 8.01. The summed E-state index contributed by atoms with van der Waals surface area (Å²) < 4.78 is 11.1. The molecule has 1 atom stereocenters. The van der Waals surface area contributed by atoms with Gasteiger partial charge in [0.1, 0.15) is 5.75 Å². The van der Waals surface area contributed by atoms with Gasteiger partial charge in [0.2, 0.25) is 0 Å². The number of ether oxygens (including phenoxy) is 2. The number of hydrogen-bond donors (Lipinski definition) is 0. The molecule has 1 aliphatic rings. The molecular formula is C13H16O2. The predicted octanol–water partition coefficient (Wildman–Crippen LogP) is 3.10. The lowest BCUT2D eigenvalue weighted by atomic mass is 9.97. The van der Waals surface area contributed by atoms with Crippen molar-refractivity contribution in [3.63, 3.8) is 0 Å². The molecule has 1 saturated heterocycles. The van der Waals surface area contributed by atoms with E-state index in [9.17, 15) is 0 Å². The smallest absolute Gasteiger partial charge is 0.124 e. The lowest BCUT2D eigenvalue weighted by Crippen LogP contribution is -2.13. The second-order valence-electron chi connectivity index (χ2n) is 3.81. The molecule has 1 fully saturated rings. The van der Waals surface area contributed by atoms with E-state index in [1.54, 1.807) is 7.11 Å². The molecule has 0 N–H and O–H groups in total. The third kappa shape index (κ3) is 2.21. The van der Waals surface area contributed by atoms with Gasteiger partial charge in [-0.15, -0.1) is 0 Å². The maximum atomic E-state index is 5.74. The van der Waals surface area contributed by atoms with Gasteiger partial charge in [-0.05, 0) is 18.9 Å². The van der Waals surface area contributed by atoms with Crippen LogP contribution < -0.4 is 4.74 Å². The highest BCUT2D eigenvalue weighted by atomic mass is 16.5. The molecular weight excluding hydrogens is 188 g/mol. The molecule has 0 radical (unpaired) electrons. The van der Waals surface area contributed by atoms with Gasteiger partial charge in [0.25, 0.3) is 0 Å². The molecule has 1 aliphatic heterocycles. The van der Waals surface area contributed by atoms with Gasteiger partial charge >= 0.3 is 0 Å². The molecule has 2 rings (SSSR count). The van der Waals surface area contributed by atoms with Crippen LogP contribution in [-0.4, -0.2) is 13.7 Å². The third-order valence-electron chi connectivity index (χ3n) is 2.73. The summed E-state index contributed by atoms with van der Waals surface area (Å²) in [7, 11) is 1.69. The Morgan fingerprint density at radius 1 is 1.40 bits per heavy atom. The molecule has 0 spiro atoms. The molecule has 0 bridgehead atoms. The van der Waals surface area contributed by atoms with E-state index in [0.717, 1.165) is 30.8 Å². The largest absolute Gasteiger partial charge is 0.496 e. The zero-order chi connectivity index (χ0) is 10.7. The Labute approximate surface area is 90.5 Å². The highest BCUT2D eigenvalue weighted by Crippen LogP contribution is 2.35. The van der Waals surface area contributed by atoms with E-state index in [-0.39, 0.29) is 6.10 Å². The number of hydrogen-bond acceptors (Lipinski definition) is 2. The molecule has 0 aromatic heterocycles. The van der Waals surface area contributed by atoms with Crippen molar-refractivity contribution >= 4 is 0 Å². The van der Waals surface area contributed by atoms with Crippen LogP contribution in [0, 0.1) is 0 Å². The summed E-state index contributed by atoms with van der Waals surface area (Å²) in [5.74, 6) is 0.900. The highest BCUT2D eigenvalue weighted by Gasteiger charge is 2.20. The van der Waals surface area contributed by atoms with Crippen molar-refractivity contribution in [3.8, 4) is 5.75 Å². The number of rotatable bonds is 2. The first-order chi connectivity index (χ1) is 7.31. The van der Waals surface area contributed by atoms with Gasteiger partial charge in [-0.1, -0.05) is 30.4 Å². The van der Waals surface area contributed by atoms with Crippen LogP contribution in [0.25, 0.3) is 0 Å². The average Bonchev–Trinajstić information content (AvgIpc) is 2.29. The van der Waals surface area contributed by atoms with Crippen molar-refractivity contribution in [1.82, 2.24) is 0 Å². The summed E-state index contributed by atoms with van der Waals surface area (Å²) in [6.45, 7) is 4.79. The van der Waals surface area contributed by atoms with Crippen LogP contribution in [0.3, 0.4) is 0 Å². The fourth-order valence-electron chi connectivity index (χ4n) is 1.90. The monoisotopic (exact) mass is 204 g/mol. The molecule has 1 heterocycles. The van der Waals surface area contributed by atoms with Crippen molar-refractivity contribution < 1.29 is 9.47 Å². The van der Waals surface area contributed by atoms with Gasteiger partial charge in [0.05, 0.1) is 19.8 Å². The lowest BCUT2D eigenvalue weighted by Gasteiger charge is -2.25. The van der Waals surface area contributed by atoms with Crippen molar-refractivity contribution in [3.05, 3.63) is 42.0 Å². The summed E-state index contributed by atoms with van der Waals surface area (Å²) >= 11 is 0. The molecule has 0 amide bonds. The van der Waals surface area contributed by atoms with E-state index >= 15 is 0 Å². The van der Waals surface area contributed by atoms with Gasteiger partial charge in [-0.3, -0.25) is 0 Å². The van der Waals surface area contributed by atoms with Crippen LogP contribution in [-0.2, 0) is 4.74 Å². The van der Waals surface area contributed by atoms with Crippen LogP contribution in [0.2, 0.25) is 0 Å². The maximum Gasteiger partial charge on any atom is 0.124 e. The average molecular weight is 204 g/mol. The van der Waals surface area contributed by atoms with E-state index in [1.807, 2.05) is 18.2 Å². The van der Waals surface area contributed by atoms with E-state index in [2.05, 4.69) is 12.6 Å². The first kappa shape index (κ1) is 10.2. The number of para-hydroxylation sites is 1. The highest BCUT2D eigenvalue weighted by molar-refractivity contribution is 5.36. The Morgan fingerprint density at radius 2 is 2.20 bits per heavy atom. The molecule has 0 saturated carbocycles. The van der Waals surface area contributed by atoms with Crippen LogP contribution >= 0.6 is 0 Å². The summed E-state index contributed by atoms with van der Waals surface area (Å²) in [5.41, 5.74) is 2.39. The number of methoxy groups -OCH3 is 1. The lowest BCUT2D eigenvalue weighted by molar-refractivity contribution is 0.0337. The standard InChI is InChI=1S/C13H16O2/c1-10-7-8-15-13(9-10)11-5-3-4-6-12(11)14-2/h3-6,13H,1,7-9H2,2H3/t13-/m1/s1. The van der Waals surface area contributed by atoms with Gasteiger partial charge in [-0.25, -0.2) is 0 Å². The third-order valence-corrected chi connectivity index (χ3v) is 2.73. The summed E-state index contributed by atoms with van der Waals surface area (Å²) in [6.07, 6.45) is 1.99. The molecule has 2 nitrogen and oxygen atoms in total. The predicted molar refractivity (Wildman–Crippen MR) is 60.1 cm³/mol. The Morgan fingerprint density at radius 3 is 2.93 bits per heavy atom. The van der Waals surface area contributed by atoms with Crippen LogP contribution in [0.5, 0.6) is 5.75 Å². The van der Waals surface area contributed by atoms with Gasteiger partial charge in [0, 0.05) is 5.56 Å². The Kier molecular flexibility index (Phi) is 3.07. The quantitative estimate of drug-likeness (QED) is 0.689. The molecule has 80 valence electrons. The minimum absolute atomic E-state index is 0.113. The van der Waals surface area contributed by atoms with Crippen LogP contribution in [0.1, 0.15) is 24.5 Å². The van der Waals surface area contributed by atoms with Crippen LogP contribution in [0.4, 0.5) is 0 Å². The Hall–Kier alpha value is -1.28. The molecule has 1 aromatic carbocycles. The van der Waals surface area contributed by atoms with Gasteiger partial charge in [-0.2, -0.15) is 0 Å². The fraction of sp³-hybridized carbons (Fsp3) is 0.385. The van der Waals surface area contributed by atoms with E-state index in [0.29, 0.717) is 0 Å². The zero-order valence-electron chi connectivity index (χ0n) is 9.03. The minimum atomic E-state index is 0.113.